The van der Waals surface area contributed by atoms with Crippen molar-refractivity contribution in [2.24, 2.45) is 5.14 Å². The van der Waals surface area contributed by atoms with Crippen LogP contribution in [0.4, 0.5) is 4.39 Å². The van der Waals surface area contributed by atoms with Gasteiger partial charge >= 0.3 is 0 Å². The van der Waals surface area contributed by atoms with Gasteiger partial charge in [-0.15, -0.1) is 0 Å². The molecule has 1 atom stereocenters. The van der Waals surface area contributed by atoms with Crippen LogP contribution in [0.25, 0.3) is 11.3 Å². The van der Waals surface area contributed by atoms with Crippen molar-refractivity contribution >= 4 is 10.0 Å². The predicted molar refractivity (Wildman–Crippen MR) is 144 cm³/mol. The number of halogens is 1. The molecule has 200 valence electrons. The first kappa shape index (κ1) is 26.8. The van der Waals surface area contributed by atoms with Crippen LogP contribution in [0.1, 0.15) is 41.1 Å². The molecule has 1 fully saturated rings. The van der Waals surface area contributed by atoms with Crippen LogP contribution < -0.4 is 5.14 Å². The molecule has 5 rings (SSSR count). The van der Waals surface area contributed by atoms with E-state index in [2.05, 4.69) is 16.8 Å². The van der Waals surface area contributed by atoms with E-state index in [4.69, 9.17) is 19.0 Å². The highest BCUT2D eigenvalue weighted by atomic mass is 32.2. The predicted octanol–water partition coefficient (Wildman–Crippen LogP) is 4.96. The number of nitrogens with two attached hydrogens (primary N) is 1. The average molecular weight is 547 g/mol. The van der Waals surface area contributed by atoms with Crippen LogP contribution in [0.3, 0.4) is 0 Å². The Hall–Kier alpha value is -3.81. The first-order valence-electron chi connectivity index (χ1n) is 12.4. The van der Waals surface area contributed by atoms with E-state index in [0.29, 0.717) is 48.6 Å². The number of hydrogen-bond donors (Lipinski definition) is 1. The van der Waals surface area contributed by atoms with Crippen LogP contribution in [0.2, 0.25) is 0 Å². The molecule has 0 radical (unpaired) electrons. The second-order valence-electron chi connectivity index (χ2n) is 9.29. The number of ether oxygens (including phenoxy) is 2. The van der Waals surface area contributed by atoms with Crippen LogP contribution in [0.5, 0.6) is 0 Å². The Labute approximate surface area is 226 Å². The minimum absolute atomic E-state index is 0.00742. The molecule has 2 N–H and O–H groups in total. The molecule has 1 aliphatic heterocycles. The van der Waals surface area contributed by atoms with Gasteiger partial charge in [-0.05, 0) is 53.6 Å². The van der Waals surface area contributed by atoms with Gasteiger partial charge in [0, 0.05) is 44.3 Å². The summed E-state index contributed by atoms with van der Waals surface area (Å²) in [6, 6.07) is 20.4. The van der Waals surface area contributed by atoms with E-state index in [0.717, 1.165) is 11.1 Å². The maximum absolute atomic E-state index is 14.8. The minimum atomic E-state index is -3.83. The molecule has 2 heterocycles. The first-order valence-corrected chi connectivity index (χ1v) is 13.9. The summed E-state index contributed by atoms with van der Waals surface area (Å²) < 4.78 is 55.2. The second-order valence-corrected chi connectivity index (χ2v) is 10.8. The number of primary sulfonamides is 1. The molecule has 39 heavy (non-hydrogen) atoms. The number of aromatic nitrogens is 1. The molecule has 0 saturated carbocycles. The van der Waals surface area contributed by atoms with E-state index < -0.39 is 27.4 Å². The fourth-order valence-corrected chi connectivity index (χ4v) is 5.34. The van der Waals surface area contributed by atoms with Crippen molar-refractivity contribution in [3.63, 3.8) is 0 Å². The monoisotopic (exact) mass is 546 g/mol. The lowest BCUT2D eigenvalue weighted by molar-refractivity contribution is -0.0949. The number of nitrogens with zero attached hydrogens (tertiary/aromatic N) is 1. The molecular weight excluding hydrogens is 519 g/mol. The van der Waals surface area contributed by atoms with Gasteiger partial charge in [-0.2, -0.15) is 0 Å². The standard InChI is InChI=1S/C30H27FN2O5S/c1-36-30(13-15-37-16-14-30)24-17-21(18-25(31)19-24)7-12-27(22-5-3-2-4-6-22)28-29(38-20-33-28)23-8-10-26(11-9-23)39(32,34)35/h2-6,8-11,17-20,27H,13-16H2,1H3,(H2,32,34,35). The summed E-state index contributed by atoms with van der Waals surface area (Å²) in [5.74, 6) is 5.95. The van der Waals surface area contributed by atoms with E-state index in [1.54, 1.807) is 19.2 Å². The molecule has 9 heteroatoms. The smallest absolute Gasteiger partial charge is 0.238 e. The van der Waals surface area contributed by atoms with Crippen molar-refractivity contribution in [3.8, 4) is 23.2 Å². The summed E-state index contributed by atoms with van der Waals surface area (Å²) in [6.45, 7) is 1.07. The molecule has 0 spiro atoms. The van der Waals surface area contributed by atoms with Gasteiger partial charge in [0.2, 0.25) is 10.0 Å². The second kappa shape index (κ2) is 11.1. The summed E-state index contributed by atoms with van der Waals surface area (Å²) in [5.41, 5.74) is 2.65. The lowest BCUT2D eigenvalue weighted by Crippen LogP contribution is -2.35. The summed E-state index contributed by atoms with van der Waals surface area (Å²) in [7, 11) is -2.20. The number of oxazole rings is 1. The zero-order valence-corrected chi connectivity index (χ0v) is 22.1. The van der Waals surface area contributed by atoms with Gasteiger partial charge in [0.25, 0.3) is 0 Å². The van der Waals surface area contributed by atoms with E-state index in [9.17, 15) is 12.8 Å². The lowest BCUT2D eigenvalue weighted by atomic mass is 9.85. The Balaban J connectivity index is 1.56. The Bertz CT molecular complexity index is 1620. The lowest BCUT2D eigenvalue weighted by Gasteiger charge is -2.36. The van der Waals surface area contributed by atoms with E-state index in [1.807, 2.05) is 36.4 Å². The third-order valence-electron chi connectivity index (χ3n) is 6.92. The fraction of sp³-hybridized carbons (Fsp3) is 0.233. The van der Waals surface area contributed by atoms with Crippen LogP contribution in [-0.4, -0.2) is 33.7 Å². The number of rotatable bonds is 6. The number of hydrogen-bond acceptors (Lipinski definition) is 6. The summed E-state index contributed by atoms with van der Waals surface area (Å²) in [6.07, 6.45) is 2.57. The molecule has 3 aromatic carbocycles. The van der Waals surface area contributed by atoms with Crippen molar-refractivity contribution in [2.45, 2.75) is 29.3 Å². The molecule has 4 aromatic rings. The summed E-state index contributed by atoms with van der Waals surface area (Å²) in [4.78, 5) is 4.46. The molecule has 1 saturated heterocycles. The highest BCUT2D eigenvalue weighted by Crippen LogP contribution is 2.37. The van der Waals surface area contributed by atoms with Crippen molar-refractivity contribution in [1.82, 2.24) is 4.98 Å². The van der Waals surface area contributed by atoms with Crippen molar-refractivity contribution in [1.29, 1.82) is 0 Å². The van der Waals surface area contributed by atoms with Crippen LogP contribution in [-0.2, 0) is 25.1 Å². The van der Waals surface area contributed by atoms with E-state index in [-0.39, 0.29) is 4.90 Å². The topological polar surface area (TPSA) is 105 Å². The van der Waals surface area contributed by atoms with Crippen LogP contribution in [0.15, 0.2) is 88.5 Å². The highest BCUT2D eigenvalue weighted by Gasteiger charge is 2.35. The summed E-state index contributed by atoms with van der Waals surface area (Å²) >= 11 is 0. The zero-order valence-electron chi connectivity index (χ0n) is 21.3. The van der Waals surface area contributed by atoms with Gasteiger partial charge in [-0.25, -0.2) is 22.9 Å². The Morgan fingerprint density at radius 2 is 1.77 bits per heavy atom. The maximum atomic E-state index is 14.8. The third kappa shape index (κ3) is 5.79. The van der Waals surface area contributed by atoms with Crippen LogP contribution in [0, 0.1) is 17.7 Å². The van der Waals surface area contributed by atoms with Crippen molar-refractivity contribution in [3.05, 3.63) is 107 Å². The largest absolute Gasteiger partial charge is 0.443 e. The normalized spacial score (nSPS) is 15.8. The zero-order chi connectivity index (χ0) is 27.5. The molecule has 0 bridgehead atoms. The summed E-state index contributed by atoms with van der Waals surface area (Å²) in [5, 5.41) is 5.24. The van der Waals surface area contributed by atoms with E-state index in [1.165, 1.54) is 30.7 Å². The number of methoxy groups -OCH3 is 1. The molecule has 0 amide bonds. The van der Waals surface area contributed by atoms with Crippen molar-refractivity contribution in [2.75, 3.05) is 20.3 Å². The van der Waals surface area contributed by atoms with Gasteiger partial charge in [0.15, 0.2) is 12.2 Å². The highest BCUT2D eigenvalue weighted by molar-refractivity contribution is 7.89. The molecule has 1 aromatic heterocycles. The molecule has 1 unspecified atom stereocenters. The van der Waals surface area contributed by atoms with Gasteiger partial charge in [-0.3, -0.25) is 0 Å². The first-order chi connectivity index (χ1) is 18.8. The third-order valence-corrected chi connectivity index (χ3v) is 7.85. The Morgan fingerprint density at radius 1 is 1.05 bits per heavy atom. The van der Waals surface area contributed by atoms with E-state index >= 15 is 0 Å². The Kier molecular flexibility index (Phi) is 7.64. The van der Waals surface area contributed by atoms with Gasteiger partial charge in [0.1, 0.15) is 11.5 Å². The van der Waals surface area contributed by atoms with Gasteiger partial charge in [0.05, 0.1) is 16.4 Å². The number of benzene rings is 3. The van der Waals surface area contributed by atoms with Crippen molar-refractivity contribution < 1.29 is 26.7 Å². The SMILES string of the molecule is COC1(c2cc(F)cc(C#CC(c3ccccc3)c3ncoc3-c3ccc(S(N)(=O)=O)cc3)c2)CCOCC1. The number of sulfonamides is 1. The quantitative estimate of drug-likeness (QED) is 0.343. The average Bonchev–Trinajstić information content (AvgIpc) is 3.43. The maximum Gasteiger partial charge on any atom is 0.238 e. The molecule has 1 aliphatic rings. The van der Waals surface area contributed by atoms with Gasteiger partial charge in [-0.1, -0.05) is 42.2 Å². The molecular formula is C30H27FN2O5S. The fourth-order valence-electron chi connectivity index (χ4n) is 4.82. The minimum Gasteiger partial charge on any atom is -0.443 e. The van der Waals surface area contributed by atoms with Crippen LogP contribution >= 0.6 is 0 Å². The molecule has 0 aliphatic carbocycles. The Morgan fingerprint density at radius 3 is 2.44 bits per heavy atom. The van der Waals surface area contributed by atoms with Gasteiger partial charge < -0.3 is 13.9 Å². The molecule has 7 nitrogen and oxygen atoms in total.